The molecule has 0 atom stereocenters. The Kier molecular flexibility index (Phi) is 6.58. The predicted octanol–water partition coefficient (Wildman–Crippen LogP) is 5.38. The summed E-state index contributed by atoms with van der Waals surface area (Å²) >= 11 is 0.761. The zero-order chi connectivity index (χ0) is 25.9. The number of carbonyl (C=O) groups excluding carboxylic acids is 3. The third-order valence-electron chi connectivity index (χ3n) is 5.87. The first-order valence-electron chi connectivity index (χ1n) is 11.3. The van der Waals surface area contributed by atoms with Gasteiger partial charge in [0.05, 0.1) is 16.5 Å². The molecule has 1 aliphatic heterocycles. The van der Waals surface area contributed by atoms with E-state index in [9.17, 15) is 24.0 Å². The second-order valence-corrected chi connectivity index (χ2v) is 9.32. The Hall–Kier alpha value is -4.68. The minimum absolute atomic E-state index is 0.198. The van der Waals surface area contributed by atoms with E-state index >= 15 is 0 Å². The number of amides is 3. The van der Waals surface area contributed by atoms with Crippen molar-refractivity contribution in [2.45, 2.75) is 6.54 Å². The van der Waals surface area contributed by atoms with Crippen LogP contribution in [0, 0.1) is 17.1 Å². The van der Waals surface area contributed by atoms with Crippen LogP contribution in [0.5, 0.6) is 0 Å². The second-order valence-electron chi connectivity index (χ2n) is 8.32. The molecular weight excluding hydrogens is 491 g/mol. The van der Waals surface area contributed by atoms with Crippen molar-refractivity contribution < 1.29 is 18.8 Å². The highest BCUT2D eigenvalue weighted by Crippen LogP contribution is 2.34. The molecule has 0 unspecified atom stereocenters. The van der Waals surface area contributed by atoms with Crippen LogP contribution >= 0.6 is 11.8 Å². The van der Waals surface area contributed by atoms with Crippen LogP contribution in [-0.2, 0) is 16.1 Å². The Morgan fingerprint density at radius 1 is 1.05 bits per heavy atom. The summed E-state index contributed by atoms with van der Waals surface area (Å²) in [5.74, 6) is -1.69. The van der Waals surface area contributed by atoms with E-state index in [0.29, 0.717) is 12.1 Å². The van der Waals surface area contributed by atoms with E-state index in [1.54, 1.807) is 12.1 Å². The molecule has 1 aliphatic rings. The Bertz CT molecular complexity index is 1640. The molecule has 7 nitrogen and oxygen atoms in total. The van der Waals surface area contributed by atoms with Crippen LogP contribution in [0.3, 0.4) is 0 Å². The number of fused-ring (bicyclic) bond motifs is 1. The third kappa shape index (κ3) is 5.01. The van der Waals surface area contributed by atoms with Crippen molar-refractivity contribution in [1.82, 2.24) is 9.47 Å². The van der Waals surface area contributed by atoms with Gasteiger partial charge in [-0.15, -0.1) is 0 Å². The summed E-state index contributed by atoms with van der Waals surface area (Å²) in [6, 6.07) is 22.6. The number of thioether (sulfide) groups is 1. The third-order valence-corrected chi connectivity index (χ3v) is 6.78. The molecule has 0 spiro atoms. The number of nitriles is 1. The van der Waals surface area contributed by atoms with Crippen LogP contribution in [0.25, 0.3) is 17.0 Å². The molecule has 5 rings (SSSR count). The minimum Gasteiger partial charge on any atom is -0.342 e. The van der Waals surface area contributed by atoms with Crippen LogP contribution in [-0.4, -0.2) is 33.1 Å². The van der Waals surface area contributed by atoms with Crippen molar-refractivity contribution in [3.05, 3.63) is 106 Å². The maximum absolute atomic E-state index is 13.4. The molecule has 4 aromatic rings. The number of benzene rings is 3. The van der Waals surface area contributed by atoms with Gasteiger partial charge in [0.25, 0.3) is 11.1 Å². The molecule has 182 valence electrons. The van der Waals surface area contributed by atoms with Gasteiger partial charge in [-0.1, -0.05) is 42.5 Å². The summed E-state index contributed by atoms with van der Waals surface area (Å²) < 4.78 is 15.4. The molecule has 9 heteroatoms. The summed E-state index contributed by atoms with van der Waals surface area (Å²) in [5, 5.41) is 12.3. The number of halogens is 1. The van der Waals surface area contributed by atoms with Crippen LogP contribution < -0.4 is 5.32 Å². The average molecular weight is 511 g/mol. The molecule has 0 saturated carbocycles. The molecule has 1 fully saturated rings. The Balaban J connectivity index is 1.39. The van der Waals surface area contributed by atoms with Crippen molar-refractivity contribution in [1.29, 1.82) is 5.26 Å². The quantitative estimate of drug-likeness (QED) is 0.352. The fourth-order valence-electron chi connectivity index (χ4n) is 4.16. The number of para-hydroxylation sites is 1. The maximum atomic E-state index is 13.4. The van der Waals surface area contributed by atoms with E-state index in [0.717, 1.165) is 44.8 Å². The monoisotopic (exact) mass is 510 g/mol. The first-order valence-corrected chi connectivity index (χ1v) is 12.1. The van der Waals surface area contributed by atoms with Gasteiger partial charge >= 0.3 is 0 Å². The summed E-state index contributed by atoms with van der Waals surface area (Å²) in [6.45, 7) is -0.0228. The standard InChI is InChI=1S/C28H19FN4O3S/c29-21-8-5-9-22(13-21)31-26(34)17-33-27(35)25(37-28(33)36)12-20-16-32(24-11-4-3-10-23(20)24)15-19-7-2-1-6-18(19)14-30/h1-13,16H,15,17H2,(H,31,34)/b25-12+. The largest absolute Gasteiger partial charge is 0.342 e. The van der Waals surface area contributed by atoms with E-state index in [2.05, 4.69) is 11.4 Å². The topological polar surface area (TPSA) is 95.2 Å². The van der Waals surface area contributed by atoms with Gasteiger partial charge in [-0.05, 0) is 53.7 Å². The SMILES string of the molecule is N#Cc1ccccc1Cn1cc(/C=C2/SC(=O)N(CC(=O)Nc3cccc(F)c3)C2=O)c2ccccc21. The molecule has 0 bridgehead atoms. The van der Waals surface area contributed by atoms with E-state index in [1.807, 2.05) is 53.2 Å². The van der Waals surface area contributed by atoms with Crippen LogP contribution in [0.2, 0.25) is 0 Å². The summed E-state index contributed by atoms with van der Waals surface area (Å²) in [6.07, 6.45) is 3.52. The number of hydrogen-bond acceptors (Lipinski definition) is 5. The van der Waals surface area contributed by atoms with Gasteiger partial charge in [0, 0.05) is 34.9 Å². The molecule has 1 saturated heterocycles. The lowest BCUT2D eigenvalue weighted by Gasteiger charge is -2.12. The summed E-state index contributed by atoms with van der Waals surface area (Å²) in [4.78, 5) is 39.0. The fraction of sp³-hybridized carbons (Fsp3) is 0.0714. The van der Waals surface area contributed by atoms with Gasteiger partial charge in [0.15, 0.2) is 0 Å². The van der Waals surface area contributed by atoms with Crippen LogP contribution in [0.1, 0.15) is 16.7 Å². The van der Waals surface area contributed by atoms with Gasteiger partial charge in [-0.2, -0.15) is 5.26 Å². The lowest BCUT2D eigenvalue weighted by atomic mass is 10.1. The molecule has 3 aromatic carbocycles. The number of rotatable bonds is 6. The fourth-order valence-corrected chi connectivity index (χ4v) is 4.99. The number of aromatic nitrogens is 1. The van der Waals surface area contributed by atoms with Crippen molar-refractivity contribution in [2.75, 3.05) is 11.9 Å². The highest BCUT2D eigenvalue weighted by molar-refractivity contribution is 8.18. The van der Waals surface area contributed by atoms with E-state index in [1.165, 1.54) is 18.2 Å². The zero-order valence-electron chi connectivity index (χ0n) is 19.3. The molecule has 3 amide bonds. The second kappa shape index (κ2) is 10.1. The molecule has 0 radical (unpaired) electrons. The smallest absolute Gasteiger partial charge is 0.294 e. The van der Waals surface area contributed by atoms with Gasteiger partial charge in [0.1, 0.15) is 12.4 Å². The molecular formula is C28H19FN4O3S. The zero-order valence-corrected chi connectivity index (χ0v) is 20.2. The predicted molar refractivity (Wildman–Crippen MR) is 140 cm³/mol. The van der Waals surface area contributed by atoms with Crippen molar-refractivity contribution in [3.63, 3.8) is 0 Å². The van der Waals surface area contributed by atoms with Crippen molar-refractivity contribution in [3.8, 4) is 6.07 Å². The number of nitrogens with one attached hydrogen (secondary N) is 1. The Labute approximate surface area is 215 Å². The van der Waals surface area contributed by atoms with Crippen molar-refractivity contribution in [2.24, 2.45) is 0 Å². The van der Waals surface area contributed by atoms with Crippen molar-refractivity contribution >= 4 is 51.5 Å². The van der Waals surface area contributed by atoms with Gasteiger partial charge in [0.2, 0.25) is 5.91 Å². The highest BCUT2D eigenvalue weighted by atomic mass is 32.2. The number of hydrogen-bond donors (Lipinski definition) is 1. The van der Waals surface area contributed by atoms with E-state index < -0.39 is 29.4 Å². The summed E-state index contributed by atoms with van der Waals surface area (Å²) in [5.41, 5.74) is 3.33. The lowest BCUT2D eigenvalue weighted by Crippen LogP contribution is -2.36. The number of anilines is 1. The normalized spacial score (nSPS) is 14.4. The number of imide groups is 1. The molecule has 1 N–H and O–H groups in total. The molecule has 37 heavy (non-hydrogen) atoms. The molecule has 1 aromatic heterocycles. The summed E-state index contributed by atoms with van der Waals surface area (Å²) in [7, 11) is 0. The van der Waals surface area contributed by atoms with Gasteiger partial charge < -0.3 is 9.88 Å². The lowest BCUT2D eigenvalue weighted by molar-refractivity contribution is -0.127. The average Bonchev–Trinajstić information content (AvgIpc) is 3.36. The Morgan fingerprint density at radius 2 is 1.84 bits per heavy atom. The van der Waals surface area contributed by atoms with Crippen LogP contribution in [0.4, 0.5) is 14.9 Å². The maximum Gasteiger partial charge on any atom is 0.294 e. The number of nitrogens with zero attached hydrogens (tertiary/aromatic N) is 3. The molecule has 0 aliphatic carbocycles. The van der Waals surface area contributed by atoms with Crippen LogP contribution in [0.15, 0.2) is 83.9 Å². The Morgan fingerprint density at radius 3 is 2.65 bits per heavy atom. The van der Waals surface area contributed by atoms with E-state index in [-0.39, 0.29) is 10.6 Å². The van der Waals surface area contributed by atoms with Gasteiger partial charge in [-0.3, -0.25) is 19.3 Å². The minimum atomic E-state index is -0.609. The first-order chi connectivity index (χ1) is 17.9. The highest BCUT2D eigenvalue weighted by Gasteiger charge is 2.36. The molecule has 2 heterocycles. The number of carbonyl (C=O) groups is 3. The van der Waals surface area contributed by atoms with Gasteiger partial charge in [-0.25, -0.2) is 4.39 Å². The first kappa shape index (κ1) is 24.0. The van der Waals surface area contributed by atoms with E-state index in [4.69, 9.17) is 0 Å².